The van der Waals surface area contributed by atoms with E-state index in [0.29, 0.717) is 25.8 Å². The smallest absolute Gasteiger partial charge is 0.391 e. The summed E-state index contributed by atoms with van der Waals surface area (Å²) in [4.78, 5) is 14.5. The van der Waals surface area contributed by atoms with E-state index in [4.69, 9.17) is 5.53 Å². The van der Waals surface area contributed by atoms with Gasteiger partial charge in [0.05, 0.1) is 13.0 Å². The fourth-order valence-electron chi connectivity index (χ4n) is 2.69. The van der Waals surface area contributed by atoms with Gasteiger partial charge in [0.2, 0.25) is 0 Å². The van der Waals surface area contributed by atoms with E-state index in [1.807, 2.05) is 0 Å². The molecule has 2 unspecified atom stereocenters. The molecule has 0 aromatic carbocycles. The number of esters is 1. The molecular formula is C12H19F3N4O2. The molecule has 0 saturated heterocycles. The van der Waals surface area contributed by atoms with Gasteiger partial charge in [-0.15, -0.1) is 0 Å². The molecule has 1 aliphatic carbocycles. The van der Waals surface area contributed by atoms with Crippen LogP contribution < -0.4 is 5.32 Å². The number of azide groups is 1. The Hall–Kier alpha value is -1.47. The summed E-state index contributed by atoms with van der Waals surface area (Å²) in [5.74, 6) is -2.17. The van der Waals surface area contributed by atoms with E-state index in [1.165, 1.54) is 7.11 Å². The lowest BCUT2D eigenvalue weighted by molar-refractivity contribution is -0.192. The minimum absolute atomic E-state index is 0.0304. The summed E-state index contributed by atoms with van der Waals surface area (Å²) >= 11 is 0. The third-order valence-electron chi connectivity index (χ3n) is 3.75. The topological polar surface area (TPSA) is 87.1 Å². The van der Waals surface area contributed by atoms with Gasteiger partial charge in [0, 0.05) is 11.5 Å². The molecule has 2 atom stereocenters. The molecule has 21 heavy (non-hydrogen) atoms. The number of carbonyl (C=O) groups excluding carboxylic acids is 1. The lowest BCUT2D eigenvalue weighted by Crippen LogP contribution is -2.57. The molecule has 1 N–H and O–H groups in total. The number of hydrogen-bond acceptors (Lipinski definition) is 4. The zero-order chi connectivity index (χ0) is 15.9. The van der Waals surface area contributed by atoms with Crippen molar-refractivity contribution in [3.05, 3.63) is 10.4 Å². The van der Waals surface area contributed by atoms with Crippen molar-refractivity contribution >= 4 is 5.97 Å². The van der Waals surface area contributed by atoms with Crippen molar-refractivity contribution in [1.29, 1.82) is 0 Å². The van der Waals surface area contributed by atoms with Crippen LogP contribution in [0.15, 0.2) is 5.11 Å². The van der Waals surface area contributed by atoms with Gasteiger partial charge < -0.3 is 10.1 Å². The van der Waals surface area contributed by atoms with Crippen molar-refractivity contribution in [3.63, 3.8) is 0 Å². The van der Waals surface area contributed by atoms with E-state index in [0.717, 1.165) is 0 Å². The Labute approximate surface area is 120 Å². The first-order chi connectivity index (χ1) is 9.85. The van der Waals surface area contributed by atoms with Crippen molar-refractivity contribution in [2.75, 3.05) is 20.2 Å². The van der Waals surface area contributed by atoms with Gasteiger partial charge in [0.15, 0.2) is 0 Å². The Balaban J connectivity index is 2.74. The van der Waals surface area contributed by atoms with Gasteiger partial charge in [-0.3, -0.25) is 4.79 Å². The van der Waals surface area contributed by atoms with Crippen LogP contribution in [0.3, 0.4) is 0 Å². The summed E-state index contributed by atoms with van der Waals surface area (Å²) in [6.07, 6.45) is -3.53. The number of methoxy groups -OCH3 is 1. The number of halogens is 3. The molecular weight excluding hydrogens is 289 g/mol. The minimum Gasteiger partial charge on any atom is -0.468 e. The number of nitrogens with zero attached hydrogens (tertiary/aromatic N) is 3. The largest absolute Gasteiger partial charge is 0.468 e. The first-order valence-corrected chi connectivity index (χ1v) is 6.77. The molecule has 0 aromatic heterocycles. The molecule has 1 fully saturated rings. The number of hydrogen-bond donors (Lipinski definition) is 1. The van der Waals surface area contributed by atoms with Crippen molar-refractivity contribution in [1.82, 2.24) is 5.32 Å². The van der Waals surface area contributed by atoms with Crippen LogP contribution in [0, 0.1) is 5.92 Å². The molecule has 0 amide bonds. The molecule has 120 valence electrons. The second kappa shape index (κ2) is 7.51. The highest BCUT2D eigenvalue weighted by atomic mass is 19.4. The van der Waals surface area contributed by atoms with Gasteiger partial charge in [-0.1, -0.05) is 11.5 Å². The predicted molar refractivity (Wildman–Crippen MR) is 69.4 cm³/mol. The average Bonchev–Trinajstić information content (AvgIpc) is 2.45. The van der Waals surface area contributed by atoms with E-state index < -0.39 is 23.6 Å². The highest BCUT2D eigenvalue weighted by Crippen LogP contribution is 2.42. The first kappa shape index (κ1) is 17.6. The number of rotatable bonds is 6. The highest BCUT2D eigenvalue weighted by Gasteiger charge is 2.51. The maximum atomic E-state index is 12.9. The van der Waals surface area contributed by atoms with Crippen molar-refractivity contribution in [2.45, 2.75) is 43.8 Å². The molecule has 1 rings (SSSR count). The van der Waals surface area contributed by atoms with Crippen LogP contribution in [0.2, 0.25) is 0 Å². The second-order valence-electron chi connectivity index (χ2n) is 5.14. The van der Waals surface area contributed by atoms with Crippen molar-refractivity contribution in [3.8, 4) is 0 Å². The van der Waals surface area contributed by atoms with Crippen LogP contribution in [0.5, 0.6) is 0 Å². The summed E-state index contributed by atoms with van der Waals surface area (Å²) in [5.41, 5.74) is 6.85. The van der Waals surface area contributed by atoms with E-state index in [2.05, 4.69) is 20.1 Å². The lowest BCUT2D eigenvalue weighted by atomic mass is 9.75. The summed E-state index contributed by atoms with van der Waals surface area (Å²) in [7, 11) is 1.17. The minimum atomic E-state index is -4.31. The fourth-order valence-corrected chi connectivity index (χ4v) is 2.69. The highest BCUT2D eigenvalue weighted by molar-refractivity contribution is 5.81. The van der Waals surface area contributed by atoms with Crippen molar-refractivity contribution < 1.29 is 22.7 Å². The molecule has 0 aliphatic heterocycles. The number of nitrogens with one attached hydrogen (secondary N) is 1. The summed E-state index contributed by atoms with van der Waals surface area (Å²) < 4.78 is 43.4. The molecule has 6 nitrogen and oxygen atoms in total. The van der Waals surface area contributed by atoms with Crippen LogP contribution >= 0.6 is 0 Å². The Morgan fingerprint density at radius 2 is 2.29 bits per heavy atom. The summed E-state index contributed by atoms with van der Waals surface area (Å²) in [6.45, 7) is 0.516. The molecule has 1 aliphatic rings. The quantitative estimate of drug-likeness (QED) is 0.269. The van der Waals surface area contributed by atoms with Gasteiger partial charge in [-0.25, -0.2) is 0 Å². The van der Waals surface area contributed by atoms with Gasteiger partial charge in [-0.2, -0.15) is 13.2 Å². The molecule has 0 heterocycles. The van der Waals surface area contributed by atoms with Gasteiger partial charge in [0.1, 0.15) is 5.54 Å². The third kappa shape index (κ3) is 4.78. The average molecular weight is 308 g/mol. The maximum Gasteiger partial charge on any atom is 0.391 e. The molecule has 0 spiro atoms. The molecule has 0 aromatic rings. The lowest BCUT2D eigenvalue weighted by Gasteiger charge is -2.39. The summed E-state index contributed by atoms with van der Waals surface area (Å²) in [6, 6.07) is 0. The monoisotopic (exact) mass is 308 g/mol. The zero-order valence-corrected chi connectivity index (χ0v) is 11.8. The first-order valence-electron chi connectivity index (χ1n) is 6.77. The van der Waals surface area contributed by atoms with Crippen LogP contribution in [0.4, 0.5) is 13.2 Å². The number of ether oxygens (including phenoxy) is 1. The second-order valence-corrected chi connectivity index (χ2v) is 5.14. The van der Waals surface area contributed by atoms with Gasteiger partial charge in [-0.05, 0) is 37.8 Å². The SMILES string of the molecule is COC(=O)C1(NCCCN=[N+]=[N-])CCCC(C(F)(F)F)C1. The van der Waals surface area contributed by atoms with Crippen LogP contribution in [0.1, 0.15) is 32.1 Å². The predicted octanol–water partition coefficient (Wildman–Crippen LogP) is 2.94. The molecule has 9 heteroatoms. The van der Waals surface area contributed by atoms with E-state index in [9.17, 15) is 18.0 Å². The van der Waals surface area contributed by atoms with Crippen molar-refractivity contribution in [2.24, 2.45) is 11.0 Å². The standard InChI is InChI=1S/C12H19F3N4O2/c1-21-10(20)11(17-6-3-7-18-19-16)5-2-4-9(8-11)12(13,14)15/h9,17H,2-8H2,1H3. The fraction of sp³-hybridized carbons (Fsp3) is 0.917. The van der Waals surface area contributed by atoms with Crippen LogP contribution in [0.25, 0.3) is 10.4 Å². The Morgan fingerprint density at radius 3 is 2.86 bits per heavy atom. The van der Waals surface area contributed by atoms with Gasteiger partial charge in [0.25, 0.3) is 0 Å². The number of alkyl halides is 3. The zero-order valence-electron chi connectivity index (χ0n) is 11.8. The van der Waals surface area contributed by atoms with Crippen LogP contribution in [-0.4, -0.2) is 37.9 Å². The Kier molecular flexibility index (Phi) is 6.29. The summed E-state index contributed by atoms with van der Waals surface area (Å²) in [5, 5.41) is 6.23. The van der Waals surface area contributed by atoms with Gasteiger partial charge >= 0.3 is 12.1 Å². The third-order valence-corrected chi connectivity index (χ3v) is 3.75. The molecule has 1 saturated carbocycles. The Bertz CT molecular complexity index is 410. The maximum absolute atomic E-state index is 12.9. The number of carbonyl (C=O) groups is 1. The van der Waals surface area contributed by atoms with E-state index >= 15 is 0 Å². The Morgan fingerprint density at radius 1 is 1.57 bits per heavy atom. The normalized spacial score (nSPS) is 26.0. The van der Waals surface area contributed by atoms with E-state index in [1.54, 1.807) is 0 Å². The molecule has 0 radical (unpaired) electrons. The molecule has 0 bridgehead atoms. The van der Waals surface area contributed by atoms with Crippen LogP contribution in [-0.2, 0) is 9.53 Å². The van der Waals surface area contributed by atoms with E-state index in [-0.39, 0.29) is 19.4 Å².